The molecule has 3 heteroatoms. The first-order valence-electron chi connectivity index (χ1n) is 7.15. The first-order valence-corrected chi connectivity index (χ1v) is 7.94. The third kappa shape index (κ3) is 3.38. The van der Waals surface area contributed by atoms with E-state index in [0.717, 1.165) is 21.9 Å². The van der Waals surface area contributed by atoms with Crippen LogP contribution < -0.4 is 5.32 Å². The maximum Gasteiger partial charge on any atom is 0.123 e. The van der Waals surface area contributed by atoms with Crippen LogP contribution in [0.3, 0.4) is 0 Å². The fourth-order valence-corrected chi connectivity index (χ4v) is 3.78. The predicted octanol–water partition coefficient (Wildman–Crippen LogP) is 4.92. The molecule has 1 aliphatic carbocycles. The van der Waals surface area contributed by atoms with E-state index < -0.39 is 0 Å². The molecule has 0 heterocycles. The van der Waals surface area contributed by atoms with Crippen molar-refractivity contribution >= 4 is 15.9 Å². The van der Waals surface area contributed by atoms with E-state index in [0.29, 0.717) is 5.92 Å². The predicted molar refractivity (Wildman–Crippen MR) is 81.6 cm³/mol. The van der Waals surface area contributed by atoms with Crippen molar-refractivity contribution < 1.29 is 4.39 Å². The summed E-state index contributed by atoms with van der Waals surface area (Å²) >= 11 is 3.56. The molecule has 4 unspecified atom stereocenters. The minimum atomic E-state index is -0.157. The Morgan fingerprint density at radius 2 is 2.00 bits per heavy atom. The zero-order valence-corrected chi connectivity index (χ0v) is 13.5. The lowest BCUT2D eigenvalue weighted by atomic mass is 9.72. The van der Waals surface area contributed by atoms with Crippen LogP contribution in [-0.2, 0) is 0 Å². The van der Waals surface area contributed by atoms with Crippen molar-refractivity contribution in [2.45, 2.75) is 39.2 Å². The normalized spacial score (nSPS) is 29.2. The number of benzene rings is 1. The van der Waals surface area contributed by atoms with Crippen LogP contribution in [0.4, 0.5) is 4.39 Å². The molecule has 1 N–H and O–H groups in total. The van der Waals surface area contributed by atoms with E-state index in [2.05, 4.69) is 35.1 Å². The van der Waals surface area contributed by atoms with Crippen LogP contribution in [0.5, 0.6) is 0 Å². The molecule has 19 heavy (non-hydrogen) atoms. The average molecular weight is 328 g/mol. The fourth-order valence-electron chi connectivity index (χ4n) is 3.29. The Kier molecular flexibility index (Phi) is 5.02. The van der Waals surface area contributed by atoms with Crippen LogP contribution in [0.2, 0.25) is 0 Å². The Morgan fingerprint density at radius 1 is 1.26 bits per heavy atom. The van der Waals surface area contributed by atoms with E-state index in [1.54, 1.807) is 6.07 Å². The van der Waals surface area contributed by atoms with Gasteiger partial charge in [0.25, 0.3) is 0 Å². The van der Waals surface area contributed by atoms with Gasteiger partial charge < -0.3 is 5.32 Å². The van der Waals surface area contributed by atoms with Gasteiger partial charge in [0.15, 0.2) is 0 Å². The molecule has 0 radical (unpaired) electrons. The van der Waals surface area contributed by atoms with E-state index in [9.17, 15) is 4.39 Å². The van der Waals surface area contributed by atoms with Gasteiger partial charge in [-0.2, -0.15) is 0 Å². The Morgan fingerprint density at radius 3 is 2.63 bits per heavy atom. The van der Waals surface area contributed by atoms with Gasteiger partial charge >= 0.3 is 0 Å². The molecule has 0 aliphatic heterocycles. The van der Waals surface area contributed by atoms with E-state index in [1.165, 1.54) is 25.3 Å². The van der Waals surface area contributed by atoms with Crippen molar-refractivity contribution in [2.24, 2.45) is 17.8 Å². The fraction of sp³-hybridized carbons (Fsp3) is 0.625. The number of hydrogen-bond donors (Lipinski definition) is 1. The second-order valence-corrected chi connectivity index (χ2v) is 6.81. The Labute approximate surface area is 124 Å². The van der Waals surface area contributed by atoms with E-state index in [-0.39, 0.29) is 11.9 Å². The monoisotopic (exact) mass is 327 g/mol. The highest BCUT2D eigenvalue weighted by atomic mass is 79.9. The molecule has 1 nitrogen and oxygen atoms in total. The Balaban J connectivity index is 2.22. The zero-order chi connectivity index (χ0) is 14.0. The molecule has 0 aromatic heterocycles. The molecule has 1 saturated carbocycles. The van der Waals surface area contributed by atoms with Gasteiger partial charge in [0.1, 0.15) is 5.82 Å². The highest BCUT2D eigenvalue weighted by Gasteiger charge is 2.31. The van der Waals surface area contributed by atoms with Crippen molar-refractivity contribution in [3.05, 3.63) is 34.1 Å². The molecule has 2 rings (SSSR count). The molecule has 106 valence electrons. The number of nitrogens with one attached hydrogen (secondary N) is 1. The molecular weight excluding hydrogens is 305 g/mol. The molecule has 1 aromatic carbocycles. The quantitative estimate of drug-likeness (QED) is 0.830. The van der Waals surface area contributed by atoms with Crippen LogP contribution in [0.1, 0.15) is 44.7 Å². The lowest BCUT2D eigenvalue weighted by Gasteiger charge is -2.37. The minimum absolute atomic E-state index is 0.157. The zero-order valence-electron chi connectivity index (χ0n) is 11.9. The van der Waals surface area contributed by atoms with Gasteiger partial charge in [-0.3, -0.25) is 0 Å². The number of rotatable bonds is 3. The molecule has 1 fully saturated rings. The smallest absolute Gasteiger partial charge is 0.123 e. The summed E-state index contributed by atoms with van der Waals surface area (Å²) < 4.78 is 14.5. The summed E-state index contributed by atoms with van der Waals surface area (Å²) in [5, 5.41) is 3.39. The number of halogens is 2. The first kappa shape index (κ1) is 15.0. The summed E-state index contributed by atoms with van der Waals surface area (Å²) in [5.74, 6) is 2.00. The van der Waals surface area contributed by atoms with Gasteiger partial charge in [0, 0.05) is 10.5 Å². The Hall–Kier alpha value is -0.410. The van der Waals surface area contributed by atoms with Crippen LogP contribution in [0, 0.1) is 23.6 Å². The van der Waals surface area contributed by atoms with Crippen molar-refractivity contribution in [1.82, 2.24) is 5.32 Å². The lowest BCUT2D eigenvalue weighted by molar-refractivity contribution is 0.174. The maximum atomic E-state index is 13.5. The van der Waals surface area contributed by atoms with Gasteiger partial charge in [0.05, 0.1) is 0 Å². The molecule has 0 saturated heterocycles. The highest BCUT2D eigenvalue weighted by Crippen LogP contribution is 2.41. The third-order valence-corrected chi connectivity index (χ3v) is 5.44. The summed E-state index contributed by atoms with van der Waals surface area (Å²) in [7, 11) is 1.98. The van der Waals surface area contributed by atoms with Crippen LogP contribution in [0.25, 0.3) is 0 Å². The van der Waals surface area contributed by atoms with Crippen LogP contribution >= 0.6 is 15.9 Å². The van der Waals surface area contributed by atoms with Gasteiger partial charge in [-0.1, -0.05) is 36.2 Å². The summed E-state index contributed by atoms with van der Waals surface area (Å²) in [6.07, 6.45) is 3.71. The molecule has 1 aliphatic rings. The van der Waals surface area contributed by atoms with Gasteiger partial charge in [0.2, 0.25) is 0 Å². The topological polar surface area (TPSA) is 12.0 Å². The summed E-state index contributed by atoms with van der Waals surface area (Å²) in [6, 6.07) is 5.21. The van der Waals surface area contributed by atoms with Gasteiger partial charge in [-0.05, 0) is 61.4 Å². The number of hydrogen-bond acceptors (Lipinski definition) is 1. The van der Waals surface area contributed by atoms with Crippen molar-refractivity contribution in [3.8, 4) is 0 Å². The lowest BCUT2D eigenvalue weighted by Crippen LogP contribution is -2.31. The average Bonchev–Trinajstić information content (AvgIpc) is 2.38. The first-order chi connectivity index (χ1) is 9.02. The van der Waals surface area contributed by atoms with Crippen LogP contribution in [-0.4, -0.2) is 7.05 Å². The van der Waals surface area contributed by atoms with Crippen molar-refractivity contribution in [1.29, 1.82) is 0 Å². The second-order valence-electron chi connectivity index (χ2n) is 5.96. The van der Waals surface area contributed by atoms with Gasteiger partial charge in [-0.15, -0.1) is 0 Å². The van der Waals surface area contributed by atoms with E-state index in [1.807, 2.05) is 13.1 Å². The molecule has 0 spiro atoms. The van der Waals surface area contributed by atoms with E-state index in [4.69, 9.17) is 0 Å². The molecule has 4 atom stereocenters. The summed E-state index contributed by atoms with van der Waals surface area (Å²) in [4.78, 5) is 0. The molecule has 1 aromatic rings. The van der Waals surface area contributed by atoms with Crippen molar-refractivity contribution in [2.75, 3.05) is 7.05 Å². The second kappa shape index (κ2) is 6.36. The molecular formula is C16H23BrFN. The highest BCUT2D eigenvalue weighted by molar-refractivity contribution is 9.10. The molecule has 0 bridgehead atoms. The molecule has 0 amide bonds. The Bertz CT molecular complexity index is 435. The maximum absolute atomic E-state index is 13.5. The minimum Gasteiger partial charge on any atom is -0.313 e. The largest absolute Gasteiger partial charge is 0.313 e. The van der Waals surface area contributed by atoms with Crippen molar-refractivity contribution in [3.63, 3.8) is 0 Å². The van der Waals surface area contributed by atoms with E-state index >= 15 is 0 Å². The van der Waals surface area contributed by atoms with Crippen LogP contribution in [0.15, 0.2) is 22.7 Å². The summed E-state index contributed by atoms with van der Waals surface area (Å²) in [6.45, 7) is 4.68. The summed E-state index contributed by atoms with van der Waals surface area (Å²) in [5.41, 5.74) is 1.05. The SMILES string of the molecule is CNC(c1cc(F)ccc1Br)C1CCC(C)C(C)C1. The standard InChI is InChI=1S/C16H23BrFN/c1-10-4-5-12(8-11(10)2)16(19-3)14-9-13(18)6-7-15(14)17/h6-7,9-12,16,19H,4-5,8H2,1-3H3. The van der Waals surface area contributed by atoms with Gasteiger partial charge in [-0.25, -0.2) is 4.39 Å². The third-order valence-electron chi connectivity index (χ3n) is 4.71.